The summed E-state index contributed by atoms with van der Waals surface area (Å²) < 4.78 is 94.4. The lowest BCUT2D eigenvalue weighted by atomic mass is 9.71. The lowest BCUT2D eigenvalue weighted by molar-refractivity contribution is -0.136. The van der Waals surface area contributed by atoms with E-state index in [1.165, 1.54) is 54.1 Å². The molecule has 0 radical (unpaired) electrons. The van der Waals surface area contributed by atoms with Crippen LogP contribution in [0.1, 0.15) is 133 Å². The van der Waals surface area contributed by atoms with Crippen LogP contribution in [0.4, 0.5) is 26.3 Å². The summed E-state index contributed by atoms with van der Waals surface area (Å²) in [6.45, 7) is 10.0. The van der Waals surface area contributed by atoms with Gasteiger partial charge in [-0.1, -0.05) is 77.6 Å². The fourth-order valence-corrected chi connectivity index (χ4v) is 10.9. The first-order valence-corrected chi connectivity index (χ1v) is 29.9. The van der Waals surface area contributed by atoms with E-state index in [1.54, 1.807) is 30.3 Å². The average Bonchev–Trinajstić information content (AvgIpc) is 2.06. The minimum atomic E-state index is -1.03. The van der Waals surface area contributed by atoms with Crippen molar-refractivity contribution in [2.24, 2.45) is 0 Å². The third-order valence-corrected chi connectivity index (χ3v) is 16.5. The monoisotopic (exact) mass is 1400 g/mol. The van der Waals surface area contributed by atoms with Gasteiger partial charge < -0.3 is 14.4 Å². The third-order valence-electron chi connectivity index (χ3n) is 14.9. The number of hydrogen-bond donors (Lipinski definition) is 1. The van der Waals surface area contributed by atoms with Crippen LogP contribution < -0.4 is 0 Å². The minimum absolute atomic E-state index is 0.0688. The zero-order chi connectivity index (χ0) is 64.1. The Kier molecular flexibility index (Phi) is 24.5. The molecule has 1 fully saturated rings. The summed E-state index contributed by atoms with van der Waals surface area (Å²) in [4.78, 5) is 42.9. The number of halogens is 10. The van der Waals surface area contributed by atoms with Gasteiger partial charge in [-0.3, -0.25) is 19.2 Å². The van der Waals surface area contributed by atoms with E-state index in [4.69, 9.17) is 41.8 Å². The van der Waals surface area contributed by atoms with E-state index < -0.39 is 47.0 Å². The summed E-state index contributed by atoms with van der Waals surface area (Å²) in [5.74, 6) is -3.07. The SMILES string of the molecule is CC1(C)OB(C2=Cc3c(F)cc(C#N)cc3CC2)OC1(C)C.CC1=Cc2c(F)cc(C#N)cc2CC1.N#Cc1cc(F)c2c(c1)CCC(=O)C2.O=C(Cl)Cc1ccc(Br)cc1F.O=C(O)Cc1ccc(Br)cc1F.O=C1CCc2cc(Br)cc(F)c2C1. The van der Waals surface area contributed by atoms with Crippen molar-refractivity contribution >= 4 is 101 Å². The number of Topliss-reactive ketones (excluding diaryl/α,β-unsaturated/α-hetero) is 2. The molecule has 0 amide bonds. The van der Waals surface area contributed by atoms with Crippen molar-refractivity contribution in [1.29, 1.82) is 15.8 Å². The van der Waals surface area contributed by atoms with E-state index in [0.29, 0.717) is 85.6 Å². The molecule has 450 valence electrons. The van der Waals surface area contributed by atoms with Gasteiger partial charge in [-0.05, 0) is 208 Å². The Labute approximate surface area is 531 Å². The van der Waals surface area contributed by atoms with Crippen LogP contribution in [0.15, 0.2) is 109 Å². The molecule has 6 aromatic carbocycles. The number of carboxylic acid groups (broad SMARTS) is 1. The molecule has 0 saturated carbocycles. The Balaban J connectivity index is 0.000000169. The maximum Gasteiger partial charge on any atom is 0.490 e. The molecule has 0 spiro atoms. The number of carbonyl (C=O) groups is 4. The quantitative estimate of drug-likeness (QED) is 0.0992. The molecule has 6 aromatic rings. The van der Waals surface area contributed by atoms with E-state index in [1.807, 2.05) is 71.0 Å². The number of nitriles is 3. The first-order valence-electron chi connectivity index (χ1n) is 27.2. The molecule has 0 bridgehead atoms. The molecule has 1 N–H and O–H groups in total. The molecule has 11 rings (SSSR count). The Morgan fingerprint density at radius 2 is 0.943 bits per heavy atom. The third kappa shape index (κ3) is 19.3. The van der Waals surface area contributed by atoms with Gasteiger partial charge in [0.15, 0.2) is 0 Å². The maximum absolute atomic E-state index is 14.2. The van der Waals surface area contributed by atoms with Crippen LogP contribution in [0.5, 0.6) is 0 Å². The highest BCUT2D eigenvalue weighted by atomic mass is 79.9. The number of benzene rings is 6. The number of allylic oxidation sites excluding steroid dienone is 2. The molecular formula is C66H56BBr3ClF6N3O7. The zero-order valence-electron chi connectivity index (χ0n) is 47.8. The normalized spacial score (nSPS) is 15.3. The highest BCUT2D eigenvalue weighted by molar-refractivity contribution is 9.11. The standard InChI is InChI=1S/C17H19BFNO2.C12H10FN.C11H8FNO.C10H8BrFO.C8H5BrClFO.C8H6BrFO2/c1-16(2)17(3,4)22-18(21-16)13-6-5-12-7-11(10-20)8-15(19)14(12)9-13;1-8-2-3-10-5-9(7-14)6-12(13)11(10)4-8;12-11-4-7(6-13)3-8-1-2-9(14)5-10(8)11;11-7-3-6-1-2-8(13)5-9(6)10(12)4-7;9-6-2-1-5(3-8(10)12)7(11)4-6;9-6-2-1-5(3-8(11)12)7(10)4-6/h7-9H,5-6H2,1-4H3;4-6H,2-3H2,1H3;3-4H,1-2,5H2;3-4H,1-2,5H2;1-2,4H,3H2;1-2,4H,3H2,(H,11,12). The molecule has 5 aliphatic rings. The van der Waals surface area contributed by atoms with Crippen molar-refractivity contribution in [3.63, 3.8) is 0 Å². The molecule has 1 aliphatic heterocycles. The largest absolute Gasteiger partial charge is 0.490 e. The van der Waals surface area contributed by atoms with Crippen LogP contribution in [0.2, 0.25) is 0 Å². The highest BCUT2D eigenvalue weighted by Crippen LogP contribution is 2.41. The second-order valence-electron chi connectivity index (χ2n) is 21.8. The van der Waals surface area contributed by atoms with Gasteiger partial charge in [0.2, 0.25) is 5.24 Å². The molecule has 10 nitrogen and oxygen atoms in total. The number of hydrogen-bond acceptors (Lipinski definition) is 9. The number of fused-ring (bicyclic) bond motifs is 4. The zero-order valence-corrected chi connectivity index (χ0v) is 53.3. The maximum atomic E-state index is 14.2. The first kappa shape index (κ1) is 69.1. The summed E-state index contributed by atoms with van der Waals surface area (Å²) in [5, 5.41) is 34.1. The lowest BCUT2D eigenvalue weighted by Gasteiger charge is -2.32. The molecule has 0 aromatic heterocycles. The number of ketones is 2. The predicted octanol–water partition coefficient (Wildman–Crippen LogP) is 16.2. The molecule has 1 heterocycles. The van der Waals surface area contributed by atoms with Crippen molar-refractivity contribution in [2.45, 2.75) is 123 Å². The predicted molar refractivity (Wildman–Crippen MR) is 330 cm³/mol. The molecule has 0 unspecified atom stereocenters. The first-order chi connectivity index (χ1) is 41.0. The number of rotatable bonds is 5. The van der Waals surface area contributed by atoms with Gasteiger partial charge >= 0.3 is 13.1 Å². The van der Waals surface area contributed by atoms with E-state index >= 15 is 0 Å². The van der Waals surface area contributed by atoms with Crippen LogP contribution >= 0.6 is 59.4 Å². The second-order valence-corrected chi connectivity index (χ2v) is 25.0. The smallest absolute Gasteiger partial charge is 0.481 e. The van der Waals surface area contributed by atoms with Crippen LogP contribution in [0.3, 0.4) is 0 Å². The number of carbonyl (C=O) groups excluding carboxylic acids is 3. The van der Waals surface area contributed by atoms with Gasteiger partial charge in [0.05, 0.1) is 52.5 Å². The van der Waals surface area contributed by atoms with Gasteiger partial charge in [0.25, 0.3) is 0 Å². The van der Waals surface area contributed by atoms with E-state index in [2.05, 4.69) is 47.8 Å². The van der Waals surface area contributed by atoms with Crippen LogP contribution in [-0.2, 0) is 79.9 Å². The Hall–Kier alpha value is -6.96. The van der Waals surface area contributed by atoms with Crippen LogP contribution in [0, 0.1) is 68.9 Å². The molecule has 87 heavy (non-hydrogen) atoms. The summed E-state index contributed by atoms with van der Waals surface area (Å²) in [6, 6.07) is 27.0. The fraction of sp³-hybridized carbons (Fsp3) is 0.288. The van der Waals surface area contributed by atoms with Gasteiger partial charge in [0.1, 0.15) is 46.5 Å². The summed E-state index contributed by atoms with van der Waals surface area (Å²) in [6.07, 6.45) is 9.24. The van der Waals surface area contributed by atoms with Crippen molar-refractivity contribution < 1.29 is 59.9 Å². The number of aryl methyl sites for hydroxylation is 4. The summed E-state index contributed by atoms with van der Waals surface area (Å²) in [7, 11) is -0.437. The number of aliphatic carboxylic acids is 1. The Morgan fingerprint density at radius 1 is 0.540 bits per heavy atom. The van der Waals surface area contributed by atoms with Crippen molar-refractivity contribution in [3.05, 3.63) is 217 Å². The topological polar surface area (TPSA) is 178 Å². The molecule has 21 heteroatoms. The van der Waals surface area contributed by atoms with Crippen LogP contribution in [-0.4, -0.2) is 46.2 Å². The molecule has 4 aliphatic carbocycles. The average molecular weight is 1400 g/mol. The van der Waals surface area contributed by atoms with Crippen molar-refractivity contribution in [1.82, 2.24) is 0 Å². The Bertz CT molecular complexity index is 3790. The Morgan fingerprint density at radius 3 is 1.40 bits per heavy atom. The van der Waals surface area contributed by atoms with Gasteiger partial charge in [-0.15, -0.1) is 0 Å². The van der Waals surface area contributed by atoms with Crippen LogP contribution in [0.25, 0.3) is 12.2 Å². The highest BCUT2D eigenvalue weighted by Gasteiger charge is 2.52. The lowest BCUT2D eigenvalue weighted by Crippen LogP contribution is -2.41. The molecular weight excluding hydrogens is 1350 g/mol. The number of nitrogens with zero attached hydrogens (tertiary/aromatic N) is 3. The van der Waals surface area contributed by atoms with Gasteiger partial charge in [0, 0.05) is 56.6 Å². The number of carboxylic acids is 1. The molecule has 1 saturated heterocycles. The molecule has 0 atom stereocenters. The van der Waals surface area contributed by atoms with E-state index in [9.17, 15) is 45.5 Å². The minimum Gasteiger partial charge on any atom is -0.481 e. The van der Waals surface area contributed by atoms with Crippen molar-refractivity contribution in [3.8, 4) is 18.2 Å². The summed E-state index contributed by atoms with van der Waals surface area (Å²) in [5.41, 5.74) is 8.83. The van der Waals surface area contributed by atoms with E-state index in [0.717, 1.165) is 51.5 Å². The van der Waals surface area contributed by atoms with Gasteiger partial charge in [-0.25, -0.2) is 26.3 Å². The van der Waals surface area contributed by atoms with E-state index in [-0.39, 0.29) is 60.3 Å². The summed E-state index contributed by atoms with van der Waals surface area (Å²) >= 11 is 14.5. The fourth-order valence-electron chi connectivity index (χ4n) is 9.60. The van der Waals surface area contributed by atoms with Crippen molar-refractivity contribution in [2.75, 3.05) is 0 Å². The van der Waals surface area contributed by atoms with Gasteiger partial charge in [-0.2, -0.15) is 15.8 Å². The second kappa shape index (κ2) is 30.8.